The quantitative estimate of drug-likeness (QED) is 0.797. The summed E-state index contributed by atoms with van der Waals surface area (Å²) in [5.41, 5.74) is 3.64. The van der Waals surface area contributed by atoms with Gasteiger partial charge in [0.1, 0.15) is 0 Å². The molecule has 4 rings (SSSR count). The number of hydrogen-bond acceptors (Lipinski definition) is 6. The summed E-state index contributed by atoms with van der Waals surface area (Å²) in [5, 5.41) is 15.7. The molecule has 1 fully saturated rings. The molecule has 2 N–H and O–H groups in total. The molecular formula is C21H29N3O4. The van der Waals surface area contributed by atoms with E-state index in [2.05, 4.69) is 40.0 Å². The highest BCUT2D eigenvalue weighted by Crippen LogP contribution is 2.39. The number of nitrogens with one attached hydrogen (secondary N) is 1. The zero-order chi connectivity index (χ0) is 19.5. The molecule has 2 aliphatic heterocycles. The summed E-state index contributed by atoms with van der Waals surface area (Å²) in [4.78, 5) is 4.64. The number of methoxy groups -OCH3 is 1. The number of ether oxygens (including phenoxy) is 3. The first-order valence-electron chi connectivity index (χ1n) is 10.0. The molecular weight excluding hydrogens is 358 g/mol. The third-order valence-corrected chi connectivity index (χ3v) is 5.43. The van der Waals surface area contributed by atoms with E-state index < -0.39 is 0 Å². The van der Waals surface area contributed by atoms with Crippen LogP contribution < -0.4 is 5.32 Å². The van der Waals surface area contributed by atoms with E-state index in [1.165, 1.54) is 0 Å². The number of hydrogen-bond donors (Lipinski definition) is 2. The van der Waals surface area contributed by atoms with Gasteiger partial charge < -0.3 is 29.2 Å². The lowest BCUT2D eigenvalue weighted by molar-refractivity contribution is 0.0688. The summed E-state index contributed by atoms with van der Waals surface area (Å²) in [6.07, 6.45) is 1.79. The van der Waals surface area contributed by atoms with Gasteiger partial charge >= 0.3 is 0 Å². The Morgan fingerprint density at radius 3 is 2.82 bits per heavy atom. The number of fused-ring (bicyclic) bond motifs is 1. The molecule has 152 valence electrons. The van der Waals surface area contributed by atoms with Gasteiger partial charge in [0.05, 0.1) is 43.2 Å². The lowest BCUT2D eigenvalue weighted by Gasteiger charge is -2.25. The van der Waals surface area contributed by atoms with E-state index in [4.69, 9.17) is 14.2 Å². The van der Waals surface area contributed by atoms with Crippen LogP contribution in [0.25, 0.3) is 10.9 Å². The molecule has 1 unspecified atom stereocenters. The Bertz CT molecular complexity index is 855. The van der Waals surface area contributed by atoms with Gasteiger partial charge in [0.2, 0.25) is 5.88 Å². The van der Waals surface area contributed by atoms with Crippen molar-refractivity contribution in [2.45, 2.75) is 31.8 Å². The molecule has 1 aromatic carbocycles. The number of aliphatic imine (C=N–C) groups is 1. The summed E-state index contributed by atoms with van der Waals surface area (Å²) in [5.74, 6) is 0.285. The van der Waals surface area contributed by atoms with Crippen molar-refractivity contribution in [3.63, 3.8) is 0 Å². The van der Waals surface area contributed by atoms with Gasteiger partial charge in [-0.05, 0) is 38.0 Å². The van der Waals surface area contributed by atoms with Crippen molar-refractivity contribution < 1.29 is 19.3 Å². The van der Waals surface area contributed by atoms with Crippen molar-refractivity contribution in [1.29, 1.82) is 0 Å². The van der Waals surface area contributed by atoms with Gasteiger partial charge in [-0.1, -0.05) is 0 Å². The van der Waals surface area contributed by atoms with Crippen LogP contribution in [0.4, 0.5) is 5.69 Å². The molecule has 0 aliphatic carbocycles. The molecule has 1 aromatic heterocycles. The summed E-state index contributed by atoms with van der Waals surface area (Å²) < 4.78 is 18.4. The van der Waals surface area contributed by atoms with E-state index >= 15 is 0 Å². The molecule has 0 radical (unpaired) electrons. The first kappa shape index (κ1) is 19.2. The fourth-order valence-electron chi connectivity index (χ4n) is 4.18. The average molecular weight is 387 g/mol. The number of aromatic hydroxyl groups is 1. The minimum absolute atomic E-state index is 0.187. The van der Waals surface area contributed by atoms with Crippen LogP contribution in [0.1, 0.15) is 31.4 Å². The molecule has 7 nitrogen and oxygen atoms in total. The van der Waals surface area contributed by atoms with Crippen molar-refractivity contribution >= 4 is 22.3 Å². The summed E-state index contributed by atoms with van der Waals surface area (Å²) in [6, 6.07) is 6.66. The number of rotatable bonds is 6. The van der Waals surface area contributed by atoms with Crippen molar-refractivity contribution in [3.8, 4) is 5.88 Å². The molecule has 0 amide bonds. The monoisotopic (exact) mass is 387 g/mol. The normalized spacial score (nSPS) is 19.6. The Morgan fingerprint density at radius 2 is 2.11 bits per heavy atom. The third-order valence-electron chi connectivity index (χ3n) is 5.43. The summed E-state index contributed by atoms with van der Waals surface area (Å²) in [7, 11) is 1.70. The highest BCUT2D eigenvalue weighted by Gasteiger charge is 2.27. The fraction of sp³-hybridized carbons (Fsp3) is 0.571. The molecule has 2 aliphatic rings. The van der Waals surface area contributed by atoms with Gasteiger partial charge in [0.15, 0.2) is 0 Å². The van der Waals surface area contributed by atoms with E-state index in [9.17, 15) is 5.11 Å². The smallest absolute Gasteiger partial charge is 0.201 e. The topological polar surface area (TPSA) is 77.2 Å². The molecule has 7 heteroatoms. The summed E-state index contributed by atoms with van der Waals surface area (Å²) >= 11 is 0. The van der Waals surface area contributed by atoms with Gasteiger partial charge in [0, 0.05) is 43.5 Å². The largest absolute Gasteiger partial charge is 0.494 e. The molecule has 0 bridgehead atoms. The average Bonchev–Trinajstić information content (AvgIpc) is 3.00. The molecule has 1 atom stereocenters. The predicted molar refractivity (Wildman–Crippen MR) is 110 cm³/mol. The van der Waals surface area contributed by atoms with E-state index in [1.807, 2.05) is 0 Å². The van der Waals surface area contributed by atoms with Crippen molar-refractivity contribution in [2.24, 2.45) is 4.99 Å². The first-order valence-corrected chi connectivity index (χ1v) is 10.0. The Hall–Kier alpha value is -2.09. The van der Waals surface area contributed by atoms with Crippen LogP contribution in [0.5, 0.6) is 5.88 Å². The van der Waals surface area contributed by atoms with Crippen LogP contribution >= 0.6 is 0 Å². The van der Waals surface area contributed by atoms with Gasteiger partial charge in [0.25, 0.3) is 0 Å². The fourth-order valence-corrected chi connectivity index (χ4v) is 4.18. The highest BCUT2D eigenvalue weighted by molar-refractivity contribution is 6.14. The second-order valence-electron chi connectivity index (χ2n) is 7.53. The molecule has 2 aromatic rings. The predicted octanol–water partition coefficient (Wildman–Crippen LogP) is 2.96. The van der Waals surface area contributed by atoms with Crippen LogP contribution in [0.15, 0.2) is 23.2 Å². The molecule has 3 heterocycles. The van der Waals surface area contributed by atoms with Crippen molar-refractivity contribution in [1.82, 2.24) is 4.57 Å². The minimum Gasteiger partial charge on any atom is -0.494 e. The van der Waals surface area contributed by atoms with Crippen molar-refractivity contribution in [2.75, 3.05) is 52.0 Å². The summed E-state index contributed by atoms with van der Waals surface area (Å²) in [6.45, 7) is 5.83. The van der Waals surface area contributed by atoms with E-state index in [1.54, 1.807) is 7.11 Å². The van der Waals surface area contributed by atoms with Crippen LogP contribution in [0, 0.1) is 0 Å². The molecule has 28 heavy (non-hydrogen) atoms. The van der Waals surface area contributed by atoms with Crippen LogP contribution in [0.2, 0.25) is 0 Å². The zero-order valence-corrected chi connectivity index (χ0v) is 16.6. The van der Waals surface area contributed by atoms with E-state index in [-0.39, 0.29) is 18.0 Å². The standard InChI is InChI=1S/C21H29N3O4/c1-14(12-26-2)23-15-3-4-19-17(11-15)20(18-13-28-10-7-22-18)21(25)24(19)16-5-8-27-9-6-16/h3-4,11,14,16,23,25H,5-10,12-13H2,1-2H3. The number of nitrogens with zero attached hydrogens (tertiary/aromatic N) is 2. The Morgan fingerprint density at radius 1 is 1.29 bits per heavy atom. The zero-order valence-electron chi connectivity index (χ0n) is 16.6. The molecule has 0 saturated carbocycles. The van der Waals surface area contributed by atoms with Crippen LogP contribution in [0.3, 0.4) is 0 Å². The molecule has 0 spiro atoms. The maximum atomic E-state index is 11.2. The minimum atomic E-state index is 0.187. The lowest BCUT2D eigenvalue weighted by atomic mass is 10.1. The van der Waals surface area contributed by atoms with Gasteiger partial charge in [-0.2, -0.15) is 0 Å². The van der Waals surface area contributed by atoms with Gasteiger partial charge in [-0.15, -0.1) is 0 Å². The highest BCUT2D eigenvalue weighted by atomic mass is 16.5. The third kappa shape index (κ3) is 3.74. The second kappa shape index (κ2) is 8.51. The number of anilines is 1. The van der Waals surface area contributed by atoms with Crippen LogP contribution in [-0.4, -0.2) is 68.1 Å². The second-order valence-corrected chi connectivity index (χ2v) is 7.53. The Labute approximate surface area is 165 Å². The van der Waals surface area contributed by atoms with Gasteiger partial charge in [-0.25, -0.2) is 0 Å². The lowest BCUT2D eigenvalue weighted by Crippen LogP contribution is -2.20. The van der Waals surface area contributed by atoms with Crippen molar-refractivity contribution in [3.05, 3.63) is 23.8 Å². The maximum Gasteiger partial charge on any atom is 0.201 e. The van der Waals surface area contributed by atoms with E-state index in [0.717, 1.165) is 53.9 Å². The maximum absolute atomic E-state index is 11.2. The Kier molecular flexibility index (Phi) is 5.85. The molecule has 1 saturated heterocycles. The SMILES string of the molecule is COCC(C)Nc1ccc2c(c1)c(C1=NCCOC1)c(O)n2C1CCOCC1. The number of aromatic nitrogens is 1. The van der Waals surface area contributed by atoms with Crippen LogP contribution in [-0.2, 0) is 14.2 Å². The van der Waals surface area contributed by atoms with E-state index in [0.29, 0.717) is 26.4 Å². The number of benzene rings is 1. The Balaban J connectivity index is 1.80. The first-order chi connectivity index (χ1) is 13.7. The van der Waals surface area contributed by atoms with Gasteiger partial charge in [-0.3, -0.25) is 4.99 Å².